The molecule has 0 aliphatic heterocycles. The van der Waals surface area contributed by atoms with Gasteiger partial charge in [-0.15, -0.1) is 0 Å². The largest absolute Gasteiger partial charge is 0.618 e. The van der Waals surface area contributed by atoms with E-state index in [1.165, 1.54) is 6.07 Å². The monoisotopic (exact) mass is 232 g/mol. The summed E-state index contributed by atoms with van der Waals surface area (Å²) >= 11 is 5.56. The van der Waals surface area contributed by atoms with Gasteiger partial charge in [-0.05, 0) is 0 Å². The van der Waals surface area contributed by atoms with Gasteiger partial charge in [-0.3, -0.25) is 4.79 Å². The van der Waals surface area contributed by atoms with Crippen molar-refractivity contribution in [2.24, 2.45) is 5.73 Å². The van der Waals surface area contributed by atoms with Crippen molar-refractivity contribution < 1.29 is 19.7 Å². The number of rotatable bonds is 3. The Hall–Kier alpha value is -1.53. The van der Waals surface area contributed by atoms with Gasteiger partial charge in [0.05, 0.1) is 11.4 Å². The number of carboxylic acids is 1. The van der Waals surface area contributed by atoms with E-state index in [9.17, 15) is 10.0 Å². The van der Waals surface area contributed by atoms with Crippen LogP contribution in [0.5, 0.6) is 5.75 Å². The number of aromatic hydroxyl groups is 1. The average molecular weight is 233 g/mol. The Morgan fingerprint density at radius 1 is 1.73 bits per heavy atom. The Bertz CT molecular complexity index is 396. The lowest BCUT2D eigenvalue weighted by Crippen LogP contribution is -2.39. The maximum atomic E-state index is 11.2. The molecule has 0 aliphatic carbocycles. The van der Waals surface area contributed by atoms with Crippen molar-refractivity contribution in [1.29, 1.82) is 0 Å². The molecule has 0 amide bonds. The fourth-order valence-corrected chi connectivity index (χ4v) is 1.18. The van der Waals surface area contributed by atoms with E-state index in [4.69, 9.17) is 27.5 Å². The molecule has 1 aromatic heterocycles. The summed E-state index contributed by atoms with van der Waals surface area (Å²) in [5.74, 6) is -1.57. The predicted molar refractivity (Wildman–Crippen MR) is 51.4 cm³/mol. The minimum Gasteiger partial charge on any atom is -0.618 e. The molecule has 4 N–H and O–H groups in total. The molecule has 0 bridgehead atoms. The summed E-state index contributed by atoms with van der Waals surface area (Å²) in [7, 11) is 0. The quantitative estimate of drug-likeness (QED) is 0.487. The molecule has 1 aromatic rings. The van der Waals surface area contributed by atoms with Gasteiger partial charge in [0, 0.05) is 6.07 Å². The minimum atomic E-state index is -1.21. The van der Waals surface area contributed by atoms with Crippen molar-refractivity contribution >= 4 is 17.6 Å². The van der Waals surface area contributed by atoms with E-state index in [1.807, 2.05) is 0 Å². The first-order valence-corrected chi connectivity index (χ1v) is 4.38. The van der Waals surface area contributed by atoms with Gasteiger partial charge in [0.15, 0.2) is 5.69 Å². The second kappa shape index (κ2) is 4.33. The van der Waals surface area contributed by atoms with Gasteiger partial charge in [-0.25, -0.2) is 0 Å². The Kier molecular flexibility index (Phi) is 3.33. The van der Waals surface area contributed by atoms with Crippen molar-refractivity contribution in [3.63, 3.8) is 0 Å². The van der Waals surface area contributed by atoms with Gasteiger partial charge < -0.3 is 21.2 Å². The highest BCUT2D eigenvalue weighted by molar-refractivity contribution is 6.31. The third-order valence-electron chi connectivity index (χ3n) is 1.81. The lowest BCUT2D eigenvalue weighted by Gasteiger charge is -2.08. The van der Waals surface area contributed by atoms with E-state index in [-0.39, 0.29) is 22.9 Å². The molecule has 0 spiro atoms. The summed E-state index contributed by atoms with van der Waals surface area (Å²) in [6.07, 6.45) is 0.699. The molecule has 1 atom stereocenters. The number of nitrogens with two attached hydrogens (primary N) is 1. The number of pyridine rings is 1. The van der Waals surface area contributed by atoms with E-state index in [1.54, 1.807) is 0 Å². The smallest absolute Gasteiger partial charge is 0.321 e. The van der Waals surface area contributed by atoms with Gasteiger partial charge >= 0.3 is 5.97 Å². The van der Waals surface area contributed by atoms with Crippen LogP contribution in [0.2, 0.25) is 5.02 Å². The van der Waals surface area contributed by atoms with Crippen molar-refractivity contribution in [3.8, 4) is 5.75 Å². The Labute approximate surface area is 90.1 Å². The van der Waals surface area contributed by atoms with Crippen LogP contribution in [-0.4, -0.2) is 22.2 Å². The summed E-state index contributed by atoms with van der Waals surface area (Å²) in [5.41, 5.74) is 5.34. The molecule has 1 unspecified atom stereocenters. The summed E-state index contributed by atoms with van der Waals surface area (Å²) in [4.78, 5) is 10.4. The predicted octanol–water partition coefficient (Wildman–Crippen LogP) is -0.367. The third-order valence-corrected chi connectivity index (χ3v) is 2.11. The second-order valence-corrected chi connectivity index (χ2v) is 3.38. The number of nitrogens with zero attached hydrogens (tertiary/aromatic N) is 1. The average Bonchev–Trinajstić information content (AvgIpc) is 2.13. The molecule has 0 fully saturated rings. The second-order valence-electron chi connectivity index (χ2n) is 2.97. The fraction of sp³-hybridized carbons (Fsp3) is 0.250. The van der Waals surface area contributed by atoms with Gasteiger partial charge in [0.1, 0.15) is 6.04 Å². The number of carbonyl (C=O) groups is 1. The Morgan fingerprint density at radius 2 is 2.33 bits per heavy atom. The van der Waals surface area contributed by atoms with E-state index in [0.717, 1.165) is 6.20 Å². The first-order chi connectivity index (χ1) is 6.91. The van der Waals surface area contributed by atoms with Gasteiger partial charge in [0.2, 0.25) is 11.9 Å². The Balaban J connectivity index is 2.95. The van der Waals surface area contributed by atoms with Crippen molar-refractivity contribution in [1.82, 2.24) is 0 Å². The topological polar surface area (TPSA) is 110 Å². The van der Waals surface area contributed by atoms with E-state index < -0.39 is 12.0 Å². The van der Waals surface area contributed by atoms with Gasteiger partial charge in [-0.2, -0.15) is 4.73 Å². The van der Waals surface area contributed by atoms with Crippen LogP contribution in [0.25, 0.3) is 0 Å². The highest BCUT2D eigenvalue weighted by atomic mass is 35.5. The molecule has 1 rings (SSSR count). The van der Waals surface area contributed by atoms with Crippen molar-refractivity contribution in [3.05, 3.63) is 28.2 Å². The van der Waals surface area contributed by atoms with Crippen LogP contribution in [0.15, 0.2) is 12.3 Å². The molecule has 82 valence electrons. The number of hydrogen-bond acceptors (Lipinski definition) is 4. The maximum Gasteiger partial charge on any atom is 0.321 e. The van der Waals surface area contributed by atoms with E-state index in [0.29, 0.717) is 4.73 Å². The van der Waals surface area contributed by atoms with E-state index >= 15 is 0 Å². The zero-order valence-electron chi connectivity index (χ0n) is 7.55. The SMILES string of the molecule is NC(Cc1cc(Cl)c(O)c[n+]1[O-])C(=O)O. The summed E-state index contributed by atoms with van der Waals surface area (Å²) < 4.78 is 0.337. The van der Waals surface area contributed by atoms with Crippen LogP contribution in [0, 0.1) is 5.21 Å². The molecule has 0 aromatic carbocycles. The molecular weight excluding hydrogens is 224 g/mol. The minimum absolute atomic E-state index is 0.0188. The van der Waals surface area contributed by atoms with Crippen LogP contribution < -0.4 is 10.5 Å². The lowest BCUT2D eigenvalue weighted by atomic mass is 10.1. The summed E-state index contributed by atoms with van der Waals surface area (Å²) in [6.45, 7) is 0. The highest BCUT2D eigenvalue weighted by Crippen LogP contribution is 2.21. The van der Waals surface area contributed by atoms with E-state index in [2.05, 4.69) is 0 Å². The molecule has 0 saturated heterocycles. The van der Waals surface area contributed by atoms with Crippen LogP contribution in [0.3, 0.4) is 0 Å². The lowest BCUT2D eigenvalue weighted by molar-refractivity contribution is -0.614. The molecule has 1 heterocycles. The summed E-state index contributed by atoms with van der Waals surface area (Å²) in [6, 6.07) is 0.0120. The van der Waals surface area contributed by atoms with Gasteiger partial charge in [-0.1, -0.05) is 11.6 Å². The highest BCUT2D eigenvalue weighted by Gasteiger charge is 2.19. The van der Waals surface area contributed by atoms with Crippen LogP contribution in [0.4, 0.5) is 0 Å². The van der Waals surface area contributed by atoms with Crippen LogP contribution >= 0.6 is 11.6 Å². The molecule has 6 nitrogen and oxygen atoms in total. The molecular formula is C8H9ClN2O4. The van der Waals surface area contributed by atoms with Crippen molar-refractivity contribution in [2.75, 3.05) is 0 Å². The molecule has 15 heavy (non-hydrogen) atoms. The number of hydrogen-bond donors (Lipinski definition) is 3. The van der Waals surface area contributed by atoms with Crippen LogP contribution in [0.1, 0.15) is 5.69 Å². The van der Waals surface area contributed by atoms with Crippen molar-refractivity contribution in [2.45, 2.75) is 12.5 Å². The zero-order chi connectivity index (χ0) is 11.6. The third kappa shape index (κ3) is 2.71. The Morgan fingerprint density at radius 3 is 2.87 bits per heavy atom. The molecule has 7 heteroatoms. The maximum absolute atomic E-state index is 11.2. The standard InChI is InChI=1S/C8H9ClN2O4/c9-5-1-4(2-6(10)8(13)14)11(15)3-7(5)12/h1,3,6,12H,2,10H2,(H,13,14). The zero-order valence-corrected chi connectivity index (χ0v) is 8.31. The first-order valence-electron chi connectivity index (χ1n) is 4.00. The normalized spacial score (nSPS) is 12.4. The summed E-state index contributed by atoms with van der Waals surface area (Å²) in [5, 5.41) is 28.8. The number of halogens is 1. The number of aromatic nitrogens is 1. The fourth-order valence-electron chi connectivity index (χ4n) is 1.00. The van der Waals surface area contributed by atoms with Crippen LogP contribution in [-0.2, 0) is 11.2 Å². The molecule has 0 aliphatic rings. The molecule has 0 radical (unpaired) electrons. The van der Waals surface area contributed by atoms with Gasteiger partial charge in [0.25, 0.3) is 0 Å². The number of carboxylic acid groups (broad SMARTS) is 1. The first kappa shape index (κ1) is 11.5. The molecule has 0 saturated carbocycles. The number of aliphatic carboxylic acids is 1.